The fraction of sp³-hybridized carbons (Fsp3) is 0.684. The van der Waals surface area contributed by atoms with Crippen molar-refractivity contribution in [2.75, 3.05) is 0 Å². The fourth-order valence-electron chi connectivity index (χ4n) is 3.93. The summed E-state index contributed by atoms with van der Waals surface area (Å²) in [5.41, 5.74) is 7.83. The van der Waals surface area contributed by atoms with E-state index in [1.54, 1.807) is 5.56 Å². The van der Waals surface area contributed by atoms with E-state index in [-0.39, 0.29) is 0 Å². The van der Waals surface area contributed by atoms with Gasteiger partial charge in [-0.15, -0.1) is 0 Å². The number of rotatable bonds is 2. The minimum Gasteiger partial charge on any atom is -0.0835 e. The summed E-state index contributed by atoms with van der Waals surface area (Å²) in [5, 5.41) is 0. The van der Waals surface area contributed by atoms with Crippen LogP contribution >= 0.6 is 15.9 Å². The van der Waals surface area contributed by atoms with Crippen LogP contribution in [0, 0.1) is 39.0 Å². The average Bonchev–Trinajstić information content (AvgIpc) is 2.36. The molecule has 1 aromatic rings. The molecule has 2 atom stereocenters. The van der Waals surface area contributed by atoms with E-state index in [1.807, 2.05) is 0 Å². The van der Waals surface area contributed by atoms with Gasteiger partial charge in [0.2, 0.25) is 0 Å². The molecule has 0 heterocycles. The molecule has 0 spiro atoms. The molecule has 1 heteroatoms. The van der Waals surface area contributed by atoms with Gasteiger partial charge in [0.15, 0.2) is 0 Å². The minimum atomic E-state index is 0.447. The van der Waals surface area contributed by atoms with Gasteiger partial charge in [0.05, 0.1) is 0 Å². The summed E-state index contributed by atoms with van der Waals surface area (Å²) in [7, 11) is 0. The molecule has 1 aromatic carbocycles. The first-order valence-electron chi connectivity index (χ1n) is 7.97. The summed E-state index contributed by atoms with van der Waals surface area (Å²) >= 11 is 4.09. The maximum atomic E-state index is 4.09. The van der Waals surface area contributed by atoms with E-state index in [4.69, 9.17) is 0 Å². The van der Waals surface area contributed by atoms with Crippen LogP contribution in [0.1, 0.15) is 72.2 Å². The lowest BCUT2D eigenvalue weighted by atomic mass is 9.66. The van der Waals surface area contributed by atoms with E-state index < -0.39 is 0 Å². The molecule has 0 N–H and O–H groups in total. The number of hydrogen-bond acceptors (Lipinski definition) is 0. The first kappa shape index (κ1) is 16.1. The van der Waals surface area contributed by atoms with Gasteiger partial charge in [0.25, 0.3) is 0 Å². The SMILES string of the molecule is Cc1cc(C)c(C)c(C(Br)C2CCCCC2(C)C)c1C. The Morgan fingerprint density at radius 2 is 1.60 bits per heavy atom. The molecular formula is C19H29Br. The highest BCUT2D eigenvalue weighted by Gasteiger charge is 2.38. The van der Waals surface area contributed by atoms with Gasteiger partial charge in [-0.3, -0.25) is 0 Å². The highest BCUT2D eigenvalue weighted by atomic mass is 79.9. The van der Waals surface area contributed by atoms with Crippen molar-refractivity contribution in [3.05, 3.63) is 33.9 Å². The van der Waals surface area contributed by atoms with Gasteiger partial charge in [-0.05, 0) is 79.7 Å². The molecule has 112 valence electrons. The molecule has 20 heavy (non-hydrogen) atoms. The summed E-state index contributed by atoms with van der Waals surface area (Å²) in [6.45, 7) is 14.0. The maximum absolute atomic E-state index is 4.09. The zero-order chi connectivity index (χ0) is 15.1. The van der Waals surface area contributed by atoms with Gasteiger partial charge in [0.1, 0.15) is 0 Å². The van der Waals surface area contributed by atoms with Crippen molar-refractivity contribution in [1.29, 1.82) is 0 Å². The van der Waals surface area contributed by atoms with Crippen LogP contribution in [-0.2, 0) is 0 Å². The summed E-state index contributed by atoms with van der Waals surface area (Å²) in [5.74, 6) is 0.745. The second-order valence-electron chi connectivity index (χ2n) is 7.42. The molecule has 1 aliphatic rings. The van der Waals surface area contributed by atoms with Gasteiger partial charge < -0.3 is 0 Å². The molecular weight excluding hydrogens is 308 g/mol. The van der Waals surface area contributed by atoms with Crippen molar-refractivity contribution in [3.8, 4) is 0 Å². The molecule has 0 bridgehead atoms. The third-order valence-electron chi connectivity index (χ3n) is 5.64. The van der Waals surface area contributed by atoms with Crippen LogP contribution in [0.3, 0.4) is 0 Å². The predicted molar refractivity (Wildman–Crippen MR) is 92.8 cm³/mol. The quantitative estimate of drug-likeness (QED) is 0.535. The molecule has 0 amide bonds. The molecule has 2 rings (SSSR count). The lowest BCUT2D eigenvalue weighted by Crippen LogP contribution is -2.31. The highest BCUT2D eigenvalue weighted by Crippen LogP contribution is 2.51. The van der Waals surface area contributed by atoms with Crippen LogP contribution < -0.4 is 0 Å². The Morgan fingerprint density at radius 3 is 2.10 bits per heavy atom. The number of halogens is 1. The molecule has 1 saturated carbocycles. The van der Waals surface area contributed by atoms with Gasteiger partial charge in [-0.25, -0.2) is 0 Å². The van der Waals surface area contributed by atoms with Crippen LogP contribution in [0.2, 0.25) is 0 Å². The summed E-state index contributed by atoms with van der Waals surface area (Å²) in [6, 6.07) is 2.33. The van der Waals surface area contributed by atoms with Crippen molar-refractivity contribution in [2.24, 2.45) is 11.3 Å². The zero-order valence-corrected chi connectivity index (χ0v) is 15.5. The van der Waals surface area contributed by atoms with Crippen LogP contribution in [0.4, 0.5) is 0 Å². The number of alkyl halides is 1. The predicted octanol–water partition coefficient (Wildman–Crippen LogP) is 6.57. The summed E-state index contributed by atoms with van der Waals surface area (Å²) < 4.78 is 0. The first-order valence-corrected chi connectivity index (χ1v) is 8.88. The fourth-order valence-corrected chi connectivity index (χ4v) is 5.59. The zero-order valence-electron chi connectivity index (χ0n) is 13.9. The highest BCUT2D eigenvalue weighted by molar-refractivity contribution is 9.09. The normalized spacial score (nSPS) is 23.6. The average molecular weight is 337 g/mol. The van der Waals surface area contributed by atoms with E-state index in [1.165, 1.54) is 47.9 Å². The van der Waals surface area contributed by atoms with Crippen LogP contribution in [0.25, 0.3) is 0 Å². The third kappa shape index (κ3) is 2.84. The van der Waals surface area contributed by atoms with Gasteiger partial charge in [-0.1, -0.05) is 48.7 Å². The van der Waals surface area contributed by atoms with Crippen molar-refractivity contribution < 1.29 is 0 Å². The van der Waals surface area contributed by atoms with Gasteiger partial charge in [0, 0.05) is 4.83 Å². The van der Waals surface area contributed by atoms with Gasteiger partial charge >= 0.3 is 0 Å². The second-order valence-corrected chi connectivity index (χ2v) is 8.40. The Morgan fingerprint density at radius 1 is 1.05 bits per heavy atom. The Kier molecular flexibility index (Phi) is 4.69. The second kappa shape index (κ2) is 5.83. The molecule has 1 aliphatic carbocycles. The Labute approximate surface area is 133 Å². The minimum absolute atomic E-state index is 0.447. The Balaban J connectivity index is 2.45. The van der Waals surface area contributed by atoms with E-state index in [9.17, 15) is 0 Å². The van der Waals surface area contributed by atoms with E-state index in [2.05, 4.69) is 63.5 Å². The summed E-state index contributed by atoms with van der Waals surface area (Å²) in [4.78, 5) is 0.497. The van der Waals surface area contributed by atoms with Crippen LogP contribution in [0.15, 0.2) is 6.07 Å². The molecule has 1 fully saturated rings. The summed E-state index contributed by atoms with van der Waals surface area (Å²) in [6.07, 6.45) is 5.50. The molecule has 0 aromatic heterocycles. The smallest absolute Gasteiger partial charge is 0.0434 e. The molecule has 2 unspecified atom stereocenters. The molecule has 0 radical (unpaired) electrons. The largest absolute Gasteiger partial charge is 0.0835 e. The standard InChI is InChI=1S/C19H29Br/c1-12-11-13(2)15(4)17(14(12)3)18(20)16-9-7-8-10-19(16,5)6/h11,16,18H,7-10H2,1-6H3. The topological polar surface area (TPSA) is 0 Å². The lowest BCUT2D eigenvalue weighted by molar-refractivity contribution is 0.136. The number of aryl methyl sites for hydroxylation is 2. The third-order valence-corrected chi connectivity index (χ3v) is 6.74. The Hall–Kier alpha value is -0.300. The van der Waals surface area contributed by atoms with Crippen LogP contribution in [-0.4, -0.2) is 0 Å². The van der Waals surface area contributed by atoms with Crippen molar-refractivity contribution in [3.63, 3.8) is 0 Å². The van der Waals surface area contributed by atoms with Crippen molar-refractivity contribution in [2.45, 2.75) is 72.1 Å². The van der Waals surface area contributed by atoms with Crippen molar-refractivity contribution >= 4 is 15.9 Å². The molecule has 0 saturated heterocycles. The lowest BCUT2D eigenvalue weighted by Gasteiger charge is -2.42. The van der Waals surface area contributed by atoms with Crippen molar-refractivity contribution in [1.82, 2.24) is 0 Å². The van der Waals surface area contributed by atoms with Crippen LogP contribution in [0.5, 0.6) is 0 Å². The monoisotopic (exact) mass is 336 g/mol. The number of hydrogen-bond donors (Lipinski definition) is 0. The maximum Gasteiger partial charge on any atom is 0.0434 e. The van der Waals surface area contributed by atoms with Gasteiger partial charge in [-0.2, -0.15) is 0 Å². The van der Waals surface area contributed by atoms with E-state index >= 15 is 0 Å². The van der Waals surface area contributed by atoms with E-state index in [0.29, 0.717) is 10.2 Å². The molecule has 0 nitrogen and oxygen atoms in total. The first-order chi connectivity index (χ1) is 9.25. The van der Waals surface area contributed by atoms with E-state index in [0.717, 1.165) is 5.92 Å². The molecule has 0 aliphatic heterocycles. The number of benzene rings is 1. The Bertz CT molecular complexity index is 473.